The van der Waals surface area contributed by atoms with Crippen LogP contribution in [0, 0.1) is 0 Å². The summed E-state index contributed by atoms with van der Waals surface area (Å²) in [5, 5.41) is 3.23. The zero-order valence-corrected chi connectivity index (χ0v) is 10.9. The van der Waals surface area contributed by atoms with Crippen LogP contribution in [0.15, 0.2) is 42.6 Å². The van der Waals surface area contributed by atoms with Gasteiger partial charge in [-0.25, -0.2) is 4.98 Å². The van der Waals surface area contributed by atoms with E-state index in [9.17, 15) is 0 Å². The summed E-state index contributed by atoms with van der Waals surface area (Å²) >= 11 is 0. The Balaban J connectivity index is 1.76. The van der Waals surface area contributed by atoms with Crippen molar-refractivity contribution < 1.29 is 0 Å². The lowest BCUT2D eigenvalue weighted by Crippen LogP contribution is -2.30. The van der Waals surface area contributed by atoms with Crippen molar-refractivity contribution in [1.29, 1.82) is 0 Å². The number of nitrogens with zero attached hydrogens (tertiary/aromatic N) is 3. The van der Waals surface area contributed by atoms with Gasteiger partial charge in [-0.1, -0.05) is 18.2 Å². The first-order valence-corrected chi connectivity index (χ1v) is 6.82. The highest BCUT2D eigenvalue weighted by atomic mass is 15.2. The number of anilines is 3. The van der Waals surface area contributed by atoms with E-state index in [1.807, 2.05) is 42.6 Å². The van der Waals surface area contributed by atoms with Gasteiger partial charge in [0.25, 0.3) is 0 Å². The minimum atomic E-state index is 0.661. The number of piperidine rings is 1. The number of para-hydroxylation sites is 1. The van der Waals surface area contributed by atoms with Gasteiger partial charge in [-0.3, -0.25) is 0 Å². The van der Waals surface area contributed by atoms with Gasteiger partial charge in [0.05, 0.1) is 0 Å². The monoisotopic (exact) mass is 254 g/mol. The molecule has 4 nitrogen and oxygen atoms in total. The minimum absolute atomic E-state index is 0.661. The molecule has 2 heterocycles. The molecule has 0 unspecified atom stereocenters. The van der Waals surface area contributed by atoms with Crippen molar-refractivity contribution in [2.75, 3.05) is 23.3 Å². The van der Waals surface area contributed by atoms with Crippen LogP contribution in [0.2, 0.25) is 0 Å². The Bertz CT molecular complexity index is 521. The largest absolute Gasteiger partial charge is 0.356 e. The van der Waals surface area contributed by atoms with Crippen molar-refractivity contribution in [3.8, 4) is 0 Å². The molecule has 1 fully saturated rings. The molecule has 2 aromatic rings. The second kappa shape index (κ2) is 5.69. The molecule has 3 rings (SSSR count). The van der Waals surface area contributed by atoms with Crippen molar-refractivity contribution in [1.82, 2.24) is 9.97 Å². The average molecular weight is 254 g/mol. The van der Waals surface area contributed by atoms with Crippen LogP contribution < -0.4 is 10.2 Å². The Morgan fingerprint density at radius 1 is 0.947 bits per heavy atom. The molecule has 98 valence electrons. The summed E-state index contributed by atoms with van der Waals surface area (Å²) in [6.45, 7) is 2.20. The molecule has 0 aliphatic carbocycles. The lowest BCUT2D eigenvalue weighted by molar-refractivity contribution is 0.573. The second-order valence-corrected chi connectivity index (χ2v) is 4.78. The smallest absolute Gasteiger partial charge is 0.229 e. The van der Waals surface area contributed by atoms with E-state index in [4.69, 9.17) is 0 Å². The summed E-state index contributed by atoms with van der Waals surface area (Å²) in [6.07, 6.45) is 5.66. The van der Waals surface area contributed by atoms with Gasteiger partial charge >= 0.3 is 0 Å². The fourth-order valence-electron chi connectivity index (χ4n) is 2.36. The van der Waals surface area contributed by atoms with E-state index in [0.717, 1.165) is 24.6 Å². The topological polar surface area (TPSA) is 41.1 Å². The van der Waals surface area contributed by atoms with Gasteiger partial charge in [-0.05, 0) is 37.5 Å². The normalized spacial score (nSPS) is 15.3. The van der Waals surface area contributed by atoms with Gasteiger partial charge in [0, 0.05) is 25.0 Å². The number of nitrogens with one attached hydrogen (secondary N) is 1. The van der Waals surface area contributed by atoms with Crippen LogP contribution in [0.1, 0.15) is 19.3 Å². The third-order valence-electron chi connectivity index (χ3n) is 3.35. The lowest BCUT2D eigenvalue weighted by atomic mass is 10.1. The fourth-order valence-corrected chi connectivity index (χ4v) is 2.36. The molecule has 0 bridgehead atoms. The molecule has 1 aromatic heterocycles. The van der Waals surface area contributed by atoms with E-state index >= 15 is 0 Å². The Morgan fingerprint density at radius 3 is 2.53 bits per heavy atom. The molecule has 0 amide bonds. The zero-order valence-electron chi connectivity index (χ0n) is 10.9. The number of hydrogen-bond donors (Lipinski definition) is 1. The summed E-state index contributed by atoms with van der Waals surface area (Å²) in [6, 6.07) is 12.0. The highest BCUT2D eigenvalue weighted by molar-refractivity contribution is 5.54. The molecule has 1 aromatic carbocycles. The molecule has 0 radical (unpaired) electrons. The lowest BCUT2D eigenvalue weighted by Gasteiger charge is -2.27. The Hall–Kier alpha value is -2.10. The number of rotatable bonds is 3. The van der Waals surface area contributed by atoms with Crippen LogP contribution in [0.4, 0.5) is 17.5 Å². The SMILES string of the molecule is c1ccc(Nc2nccc(N3CCCCC3)n2)cc1. The summed E-state index contributed by atoms with van der Waals surface area (Å²) in [7, 11) is 0. The second-order valence-electron chi connectivity index (χ2n) is 4.78. The van der Waals surface area contributed by atoms with Crippen molar-refractivity contribution in [3.63, 3.8) is 0 Å². The van der Waals surface area contributed by atoms with Crippen molar-refractivity contribution in [2.45, 2.75) is 19.3 Å². The summed E-state index contributed by atoms with van der Waals surface area (Å²) < 4.78 is 0. The molecule has 1 aliphatic rings. The molecule has 1 aliphatic heterocycles. The van der Waals surface area contributed by atoms with Gasteiger partial charge in [0.15, 0.2) is 0 Å². The van der Waals surface area contributed by atoms with Gasteiger partial charge < -0.3 is 10.2 Å². The highest BCUT2D eigenvalue weighted by Crippen LogP contribution is 2.19. The first-order chi connectivity index (χ1) is 9.42. The summed E-state index contributed by atoms with van der Waals surface area (Å²) in [5.41, 5.74) is 1.01. The molecular weight excluding hydrogens is 236 g/mol. The van der Waals surface area contributed by atoms with E-state index in [1.54, 1.807) is 0 Å². The van der Waals surface area contributed by atoms with Crippen LogP contribution in [-0.4, -0.2) is 23.1 Å². The maximum Gasteiger partial charge on any atom is 0.229 e. The van der Waals surface area contributed by atoms with Crippen molar-refractivity contribution in [3.05, 3.63) is 42.6 Å². The maximum atomic E-state index is 4.60. The Morgan fingerprint density at radius 2 is 1.74 bits per heavy atom. The molecule has 0 spiro atoms. The molecule has 1 N–H and O–H groups in total. The quantitative estimate of drug-likeness (QED) is 0.913. The van der Waals surface area contributed by atoms with Crippen LogP contribution >= 0.6 is 0 Å². The zero-order chi connectivity index (χ0) is 12.9. The predicted molar refractivity (Wildman–Crippen MR) is 77.8 cm³/mol. The summed E-state index contributed by atoms with van der Waals surface area (Å²) in [5.74, 6) is 1.68. The van der Waals surface area contributed by atoms with Gasteiger partial charge in [-0.2, -0.15) is 4.98 Å². The standard InChI is InChI=1S/C15H18N4/c1-3-7-13(8-4-1)17-15-16-10-9-14(18-15)19-11-5-2-6-12-19/h1,3-4,7-10H,2,5-6,11-12H2,(H,16,17,18). The van der Waals surface area contributed by atoms with Crippen LogP contribution in [-0.2, 0) is 0 Å². The number of hydrogen-bond acceptors (Lipinski definition) is 4. The molecular formula is C15H18N4. The van der Waals surface area contributed by atoms with E-state index in [0.29, 0.717) is 5.95 Å². The number of benzene rings is 1. The first kappa shape index (κ1) is 12.0. The van der Waals surface area contributed by atoms with Gasteiger partial charge in [0.1, 0.15) is 5.82 Å². The molecule has 0 saturated carbocycles. The van der Waals surface area contributed by atoms with E-state index < -0.39 is 0 Å². The molecule has 0 atom stereocenters. The Kier molecular flexibility index (Phi) is 3.58. The first-order valence-electron chi connectivity index (χ1n) is 6.82. The summed E-state index contributed by atoms with van der Waals surface area (Å²) in [4.78, 5) is 11.2. The molecule has 4 heteroatoms. The van der Waals surface area contributed by atoms with Crippen LogP contribution in [0.3, 0.4) is 0 Å². The van der Waals surface area contributed by atoms with E-state index in [-0.39, 0.29) is 0 Å². The average Bonchev–Trinajstić information content (AvgIpc) is 2.49. The molecule has 1 saturated heterocycles. The number of aromatic nitrogens is 2. The van der Waals surface area contributed by atoms with Crippen molar-refractivity contribution >= 4 is 17.5 Å². The van der Waals surface area contributed by atoms with Gasteiger partial charge in [0.2, 0.25) is 5.95 Å². The minimum Gasteiger partial charge on any atom is -0.356 e. The third-order valence-corrected chi connectivity index (χ3v) is 3.35. The van der Waals surface area contributed by atoms with Crippen LogP contribution in [0.25, 0.3) is 0 Å². The van der Waals surface area contributed by atoms with Crippen LogP contribution in [0.5, 0.6) is 0 Å². The molecule has 19 heavy (non-hydrogen) atoms. The van der Waals surface area contributed by atoms with E-state index in [1.165, 1.54) is 19.3 Å². The Labute approximate surface area is 113 Å². The van der Waals surface area contributed by atoms with E-state index in [2.05, 4.69) is 20.2 Å². The van der Waals surface area contributed by atoms with Gasteiger partial charge in [-0.15, -0.1) is 0 Å². The highest BCUT2D eigenvalue weighted by Gasteiger charge is 2.12. The van der Waals surface area contributed by atoms with Crippen molar-refractivity contribution in [2.24, 2.45) is 0 Å². The fraction of sp³-hybridized carbons (Fsp3) is 0.333. The predicted octanol–water partition coefficient (Wildman–Crippen LogP) is 3.21. The third kappa shape index (κ3) is 3.02. The maximum absolute atomic E-state index is 4.60.